The van der Waals surface area contributed by atoms with Gasteiger partial charge in [0.05, 0.1) is 11.4 Å². The first kappa shape index (κ1) is 12.7. The molecule has 0 aliphatic carbocycles. The minimum absolute atomic E-state index is 0.190. The standard InChI is InChI=1S/C17H16N2OS/c1-12-4-5-15-13(9-12)10-14(20-15)11-19-7-6-18-17(19)16-3-2-8-21-16/h2-9,14H,10-11H2,1H3. The van der Waals surface area contributed by atoms with Crippen molar-refractivity contribution in [3.63, 3.8) is 0 Å². The van der Waals surface area contributed by atoms with Crippen molar-refractivity contribution < 1.29 is 4.74 Å². The lowest BCUT2D eigenvalue weighted by molar-refractivity contribution is 0.210. The van der Waals surface area contributed by atoms with E-state index >= 15 is 0 Å². The molecule has 21 heavy (non-hydrogen) atoms. The van der Waals surface area contributed by atoms with Gasteiger partial charge in [0.25, 0.3) is 0 Å². The molecular weight excluding hydrogens is 280 g/mol. The van der Waals surface area contributed by atoms with E-state index < -0.39 is 0 Å². The first-order chi connectivity index (χ1) is 10.3. The second-order valence-corrected chi connectivity index (χ2v) is 6.38. The topological polar surface area (TPSA) is 27.1 Å². The molecule has 3 nitrogen and oxygen atoms in total. The fraction of sp³-hybridized carbons (Fsp3) is 0.235. The third-order valence-electron chi connectivity index (χ3n) is 3.81. The summed E-state index contributed by atoms with van der Waals surface area (Å²) in [6, 6.07) is 10.6. The normalized spacial score (nSPS) is 16.7. The van der Waals surface area contributed by atoms with Gasteiger partial charge >= 0.3 is 0 Å². The Morgan fingerprint density at radius 1 is 1.38 bits per heavy atom. The van der Waals surface area contributed by atoms with Crippen LogP contribution in [0.3, 0.4) is 0 Å². The molecule has 0 fully saturated rings. The van der Waals surface area contributed by atoms with Gasteiger partial charge in [-0.3, -0.25) is 0 Å². The zero-order valence-electron chi connectivity index (χ0n) is 11.8. The van der Waals surface area contributed by atoms with Crippen LogP contribution in [0, 0.1) is 6.92 Å². The Kier molecular flexibility index (Phi) is 3.04. The van der Waals surface area contributed by atoms with Crippen LogP contribution < -0.4 is 4.74 Å². The summed E-state index contributed by atoms with van der Waals surface area (Å²) in [6.07, 6.45) is 5.06. The predicted molar refractivity (Wildman–Crippen MR) is 84.8 cm³/mol. The van der Waals surface area contributed by atoms with E-state index in [1.54, 1.807) is 11.3 Å². The number of fused-ring (bicyclic) bond motifs is 1. The Bertz CT molecular complexity index is 761. The number of aryl methyl sites for hydroxylation is 1. The van der Waals surface area contributed by atoms with E-state index in [9.17, 15) is 0 Å². The van der Waals surface area contributed by atoms with Gasteiger partial charge in [0.15, 0.2) is 0 Å². The minimum Gasteiger partial charge on any atom is -0.488 e. The summed E-state index contributed by atoms with van der Waals surface area (Å²) >= 11 is 1.72. The lowest BCUT2D eigenvalue weighted by atomic mass is 10.1. The number of hydrogen-bond donors (Lipinski definition) is 0. The van der Waals surface area contributed by atoms with Gasteiger partial charge in [-0.25, -0.2) is 4.98 Å². The lowest BCUT2D eigenvalue weighted by Crippen LogP contribution is -2.20. The first-order valence-corrected chi connectivity index (χ1v) is 7.99. The molecule has 0 N–H and O–H groups in total. The molecule has 0 bridgehead atoms. The van der Waals surface area contributed by atoms with E-state index in [1.807, 2.05) is 12.4 Å². The SMILES string of the molecule is Cc1ccc2c(c1)CC(Cn1ccnc1-c1cccs1)O2. The summed E-state index contributed by atoms with van der Waals surface area (Å²) in [5.74, 6) is 2.06. The van der Waals surface area contributed by atoms with E-state index in [1.165, 1.54) is 16.0 Å². The Hall–Kier alpha value is -2.07. The van der Waals surface area contributed by atoms with Gasteiger partial charge in [0.2, 0.25) is 0 Å². The summed E-state index contributed by atoms with van der Waals surface area (Å²) in [6.45, 7) is 2.96. The summed E-state index contributed by atoms with van der Waals surface area (Å²) < 4.78 is 8.25. The smallest absolute Gasteiger partial charge is 0.150 e. The molecule has 0 radical (unpaired) electrons. The highest BCUT2D eigenvalue weighted by Gasteiger charge is 2.24. The molecule has 1 aliphatic rings. The Labute approximate surface area is 127 Å². The molecule has 3 heterocycles. The lowest BCUT2D eigenvalue weighted by Gasteiger charge is -2.13. The highest BCUT2D eigenvalue weighted by Crippen LogP contribution is 2.31. The molecule has 0 spiro atoms. The number of aromatic nitrogens is 2. The average Bonchev–Trinajstić information content (AvgIpc) is 3.16. The molecule has 4 heteroatoms. The van der Waals surface area contributed by atoms with E-state index in [0.717, 1.165) is 24.5 Å². The van der Waals surface area contributed by atoms with Crippen LogP contribution in [0.25, 0.3) is 10.7 Å². The van der Waals surface area contributed by atoms with Gasteiger partial charge in [0, 0.05) is 18.8 Å². The third kappa shape index (κ3) is 2.36. The van der Waals surface area contributed by atoms with Crippen LogP contribution in [-0.2, 0) is 13.0 Å². The molecule has 1 atom stereocenters. The molecular formula is C17H16N2OS. The predicted octanol–water partition coefficient (Wildman–Crippen LogP) is 3.92. The fourth-order valence-corrected chi connectivity index (χ4v) is 3.59. The van der Waals surface area contributed by atoms with Crippen molar-refractivity contribution in [1.29, 1.82) is 0 Å². The summed E-state index contributed by atoms with van der Waals surface area (Å²) in [5, 5.41) is 2.08. The zero-order chi connectivity index (χ0) is 14.2. The number of ether oxygens (including phenoxy) is 1. The number of hydrogen-bond acceptors (Lipinski definition) is 3. The zero-order valence-corrected chi connectivity index (χ0v) is 12.6. The molecule has 106 valence electrons. The minimum atomic E-state index is 0.190. The number of nitrogens with zero attached hydrogens (tertiary/aromatic N) is 2. The molecule has 2 aromatic heterocycles. The van der Waals surface area contributed by atoms with Crippen molar-refractivity contribution >= 4 is 11.3 Å². The fourth-order valence-electron chi connectivity index (χ4n) is 2.86. The highest BCUT2D eigenvalue weighted by molar-refractivity contribution is 7.13. The Morgan fingerprint density at radius 3 is 3.19 bits per heavy atom. The van der Waals surface area contributed by atoms with Gasteiger partial charge in [-0.1, -0.05) is 23.8 Å². The van der Waals surface area contributed by atoms with Gasteiger partial charge in [-0.05, 0) is 30.0 Å². The van der Waals surface area contributed by atoms with Crippen LogP contribution in [0.5, 0.6) is 5.75 Å². The second-order valence-electron chi connectivity index (χ2n) is 5.44. The van der Waals surface area contributed by atoms with Crippen molar-refractivity contribution in [1.82, 2.24) is 9.55 Å². The second kappa shape index (κ2) is 5.04. The van der Waals surface area contributed by atoms with Gasteiger partial charge in [-0.15, -0.1) is 11.3 Å². The largest absolute Gasteiger partial charge is 0.488 e. The summed E-state index contributed by atoms with van der Waals surface area (Å²) in [4.78, 5) is 5.68. The summed E-state index contributed by atoms with van der Waals surface area (Å²) in [7, 11) is 0. The molecule has 3 aromatic rings. The van der Waals surface area contributed by atoms with Crippen molar-refractivity contribution in [2.45, 2.75) is 26.0 Å². The van der Waals surface area contributed by atoms with Gasteiger partial charge in [0.1, 0.15) is 17.7 Å². The molecule has 1 unspecified atom stereocenters. The maximum atomic E-state index is 6.06. The third-order valence-corrected chi connectivity index (χ3v) is 4.68. The molecule has 0 amide bonds. The van der Waals surface area contributed by atoms with Crippen LogP contribution in [0.15, 0.2) is 48.1 Å². The van der Waals surface area contributed by atoms with E-state index in [2.05, 4.69) is 52.2 Å². The monoisotopic (exact) mass is 296 g/mol. The van der Waals surface area contributed by atoms with Crippen molar-refractivity contribution in [3.05, 3.63) is 59.2 Å². The molecule has 0 saturated heterocycles. The maximum Gasteiger partial charge on any atom is 0.150 e. The van der Waals surface area contributed by atoms with E-state index in [-0.39, 0.29) is 6.10 Å². The van der Waals surface area contributed by atoms with Crippen LogP contribution in [0.4, 0.5) is 0 Å². The first-order valence-electron chi connectivity index (χ1n) is 7.11. The van der Waals surface area contributed by atoms with Crippen LogP contribution in [0.1, 0.15) is 11.1 Å². The van der Waals surface area contributed by atoms with Gasteiger partial charge < -0.3 is 9.30 Å². The van der Waals surface area contributed by atoms with Crippen LogP contribution in [-0.4, -0.2) is 15.7 Å². The average molecular weight is 296 g/mol. The van der Waals surface area contributed by atoms with Crippen molar-refractivity contribution in [2.24, 2.45) is 0 Å². The van der Waals surface area contributed by atoms with Crippen LogP contribution in [0.2, 0.25) is 0 Å². The van der Waals surface area contributed by atoms with Crippen molar-refractivity contribution in [3.8, 4) is 16.5 Å². The van der Waals surface area contributed by atoms with Crippen molar-refractivity contribution in [2.75, 3.05) is 0 Å². The van der Waals surface area contributed by atoms with E-state index in [0.29, 0.717) is 0 Å². The quantitative estimate of drug-likeness (QED) is 0.732. The number of thiophene rings is 1. The number of benzene rings is 1. The van der Waals surface area contributed by atoms with E-state index in [4.69, 9.17) is 4.74 Å². The number of rotatable bonds is 3. The molecule has 0 saturated carbocycles. The Morgan fingerprint density at radius 2 is 2.33 bits per heavy atom. The maximum absolute atomic E-state index is 6.06. The van der Waals surface area contributed by atoms with Crippen LogP contribution >= 0.6 is 11.3 Å². The molecule has 4 rings (SSSR count). The highest BCUT2D eigenvalue weighted by atomic mass is 32.1. The molecule has 1 aliphatic heterocycles. The Balaban J connectivity index is 1.55. The van der Waals surface area contributed by atoms with Gasteiger partial charge in [-0.2, -0.15) is 0 Å². The molecule has 1 aromatic carbocycles. The number of imidazole rings is 1. The summed E-state index contributed by atoms with van der Waals surface area (Å²) in [5.41, 5.74) is 2.61.